The van der Waals surface area contributed by atoms with Crippen molar-refractivity contribution < 1.29 is 28.3 Å². The highest BCUT2D eigenvalue weighted by Gasteiger charge is 2.24. The van der Waals surface area contributed by atoms with Crippen LogP contribution in [0.5, 0.6) is 0 Å². The molecule has 2 rings (SSSR count). The molecule has 0 spiro atoms. The molecule has 0 saturated heterocycles. The normalized spacial score (nSPS) is 11.3. The Balaban J connectivity index is 1.97. The van der Waals surface area contributed by atoms with E-state index in [0.29, 0.717) is 5.69 Å². The van der Waals surface area contributed by atoms with Crippen molar-refractivity contribution in [1.29, 1.82) is 0 Å². The minimum absolute atomic E-state index is 0.111. The summed E-state index contributed by atoms with van der Waals surface area (Å²) in [7, 11) is 0. The Hall–Kier alpha value is -3.75. The van der Waals surface area contributed by atoms with Crippen LogP contribution in [0.2, 0.25) is 0 Å². The molecule has 158 valence electrons. The molecule has 3 amide bonds. The van der Waals surface area contributed by atoms with E-state index in [1.54, 1.807) is 12.1 Å². The number of benzene rings is 2. The van der Waals surface area contributed by atoms with Gasteiger partial charge in [0.2, 0.25) is 5.91 Å². The van der Waals surface area contributed by atoms with E-state index in [0.717, 1.165) is 17.7 Å². The zero-order valence-corrected chi connectivity index (χ0v) is 16.3. The van der Waals surface area contributed by atoms with Gasteiger partial charge in [0.05, 0.1) is 0 Å². The van der Waals surface area contributed by atoms with Crippen LogP contribution in [0.15, 0.2) is 48.5 Å². The minimum Gasteiger partial charge on any atom is -0.454 e. The first-order valence-electron chi connectivity index (χ1n) is 9.13. The van der Waals surface area contributed by atoms with E-state index in [1.807, 2.05) is 19.1 Å². The second kappa shape index (κ2) is 10.7. The Morgan fingerprint density at radius 3 is 2.37 bits per heavy atom. The Morgan fingerprint density at radius 2 is 1.73 bits per heavy atom. The van der Waals surface area contributed by atoms with Gasteiger partial charge in [0.1, 0.15) is 11.9 Å². The Kier molecular flexibility index (Phi) is 8.04. The van der Waals surface area contributed by atoms with Gasteiger partial charge in [-0.1, -0.05) is 18.2 Å². The number of carbonyl (C=O) groups excluding carboxylic acids is 4. The van der Waals surface area contributed by atoms with Gasteiger partial charge < -0.3 is 21.1 Å². The second-order valence-corrected chi connectivity index (χ2v) is 6.51. The highest BCUT2D eigenvalue weighted by atomic mass is 19.1. The highest BCUT2D eigenvalue weighted by Crippen LogP contribution is 2.13. The zero-order chi connectivity index (χ0) is 22.1. The largest absolute Gasteiger partial charge is 0.454 e. The number of hydrogen-bond acceptors (Lipinski definition) is 5. The molecule has 0 bridgehead atoms. The highest BCUT2D eigenvalue weighted by molar-refractivity contribution is 5.97. The van der Waals surface area contributed by atoms with E-state index < -0.39 is 42.2 Å². The molecule has 1 unspecified atom stereocenters. The van der Waals surface area contributed by atoms with E-state index in [4.69, 9.17) is 10.5 Å². The number of amides is 3. The number of aryl methyl sites for hydroxylation is 1. The predicted molar refractivity (Wildman–Crippen MR) is 107 cm³/mol. The van der Waals surface area contributed by atoms with Gasteiger partial charge in [0, 0.05) is 17.7 Å². The number of halogens is 1. The summed E-state index contributed by atoms with van der Waals surface area (Å²) in [5.74, 6) is -3.30. The molecule has 30 heavy (non-hydrogen) atoms. The van der Waals surface area contributed by atoms with Crippen molar-refractivity contribution in [2.24, 2.45) is 5.73 Å². The van der Waals surface area contributed by atoms with Gasteiger partial charge in [-0.2, -0.15) is 0 Å². The van der Waals surface area contributed by atoms with Crippen LogP contribution in [-0.4, -0.2) is 36.3 Å². The third-order valence-corrected chi connectivity index (χ3v) is 4.14. The second-order valence-electron chi connectivity index (χ2n) is 6.51. The molecule has 4 N–H and O–H groups in total. The number of carbonyl (C=O) groups is 4. The SMILES string of the molecule is Cc1ccccc1NC(=O)COC(=O)C(CCC(N)=O)NC(=O)c1ccc(F)cc1. The lowest BCUT2D eigenvalue weighted by molar-refractivity contribution is -0.149. The van der Waals surface area contributed by atoms with Gasteiger partial charge >= 0.3 is 5.97 Å². The molecule has 0 radical (unpaired) electrons. The average Bonchev–Trinajstić information content (AvgIpc) is 2.71. The van der Waals surface area contributed by atoms with Crippen molar-refractivity contribution in [2.45, 2.75) is 25.8 Å². The number of nitrogens with two attached hydrogens (primary N) is 1. The lowest BCUT2D eigenvalue weighted by Gasteiger charge is -2.17. The average molecular weight is 415 g/mol. The van der Waals surface area contributed by atoms with Gasteiger partial charge in [-0.15, -0.1) is 0 Å². The van der Waals surface area contributed by atoms with Crippen LogP contribution in [0.3, 0.4) is 0 Å². The quantitative estimate of drug-likeness (QED) is 0.537. The summed E-state index contributed by atoms with van der Waals surface area (Å²) < 4.78 is 18.0. The van der Waals surface area contributed by atoms with E-state index in [2.05, 4.69) is 10.6 Å². The van der Waals surface area contributed by atoms with Crippen LogP contribution >= 0.6 is 0 Å². The standard InChI is InChI=1S/C21H22FN3O5/c1-13-4-2-3-5-16(13)24-19(27)12-30-21(29)17(10-11-18(23)26)25-20(28)14-6-8-15(22)9-7-14/h2-9,17H,10-12H2,1H3,(H2,23,26)(H,24,27)(H,25,28). The summed E-state index contributed by atoms with van der Waals surface area (Å²) in [5.41, 5.74) is 6.64. The lowest BCUT2D eigenvalue weighted by Crippen LogP contribution is -2.43. The monoisotopic (exact) mass is 415 g/mol. The Labute approximate surface area is 172 Å². The lowest BCUT2D eigenvalue weighted by atomic mass is 10.1. The first-order chi connectivity index (χ1) is 14.3. The number of primary amides is 1. The topological polar surface area (TPSA) is 128 Å². The van der Waals surface area contributed by atoms with Crippen molar-refractivity contribution in [3.8, 4) is 0 Å². The molecule has 0 aromatic heterocycles. The van der Waals surface area contributed by atoms with Crippen molar-refractivity contribution in [3.63, 3.8) is 0 Å². The first kappa shape index (κ1) is 22.5. The Morgan fingerprint density at radius 1 is 1.07 bits per heavy atom. The number of nitrogens with one attached hydrogen (secondary N) is 2. The molecule has 2 aromatic rings. The van der Waals surface area contributed by atoms with Crippen molar-refractivity contribution in [1.82, 2.24) is 5.32 Å². The summed E-state index contributed by atoms with van der Waals surface area (Å²) >= 11 is 0. The molecule has 8 nitrogen and oxygen atoms in total. The van der Waals surface area contributed by atoms with Crippen LogP contribution < -0.4 is 16.4 Å². The maximum Gasteiger partial charge on any atom is 0.329 e. The van der Waals surface area contributed by atoms with Gasteiger partial charge in [-0.3, -0.25) is 14.4 Å². The molecule has 0 saturated carbocycles. The van der Waals surface area contributed by atoms with Crippen molar-refractivity contribution >= 4 is 29.4 Å². The third-order valence-electron chi connectivity index (χ3n) is 4.14. The molecule has 0 heterocycles. The molecule has 0 aliphatic heterocycles. The first-order valence-corrected chi connectivity index (χ1v) is 9.13. The number of ether oxygens (including phenoxy) is 1. The molecule has 2 aromatic carbocycles. The molecular formula is C21H22FN3O5. The number of rotatable bonds is 9. The fourth-order valence-electron chi connectivity index (χ4n) is 2.52. The molecule has 0 aliphatic rings. The van der Waals surface area contributed by atoms with Crippen molar-refractivity contribution in [2.75, 3.05) is 11.9 Å². The van der Waals surface area contributed by atoms with Gasteiger partial charge in [-0.05, 0) is 49.2 Å². The maximum atomic E-state index is 13.0. The van der Waals surface area contributed by atoms with Gasteiger partial charge in [0.25, 0.3) is 11.8 Å². The summed E-state index contributed by atoms with van der Waals surface area (Å²) in [6, 6.07) is 10.6. The molecule has 9 heteroatoms. The van der Waals surface area contributed by atoms with Crippen molar-refractivity contribution in [3.05, 3.63) is 65.5 Å². The predicted octanol–water partition coefficient (Wildman–Crippen LogP) is 1.68. The summed E-state index contributed by atoms with van der Waals surface area (Å²) in [6.07, 6.45) is -0.292. The van der Waals surface area contributed by atoms with Crippen LogP contribution in [0.25, 0.3) is 0 Å². The van der Waals surface area contributed by atoms with E-state index >= 15 is 0 Å². The van der Waals surface area contributed by atoms with Gasteiger partial charge in [0.15, 0.2) is 6.61 Å². The molecule has 0 aliphatic carbocycles. The molecule has 0 fully saturated rings. The summed E-state index contributed by atoms with van der Waals surface area (Å²) in [6.45, 7) is 1.24. The summed E-state index contributed by atoms with van der Waals surface area (Å²) in [5, 5.41) is 5.03. The zero-order valence-electron chi connectivity index (χ0n) is 16.3. The smallest absolute Gasteiger partial charge is 0.329 e. The van der Waals surface area contributed by atoms with Crippen LogP contribution in [0.4, 0.5) is 10.1 Å². The number of anilines is 1. The van der Waals surface area contributed by atoms with Crippen LogP contribution in [-0.2, 0) is 19.1 Å². The third kappa shape index (κ3) is 7.01. The maximum absolute atomic E-state index is 13.0. The number of hydrogen-bond donors (Lipinski definition) is 3. The molecule has 1 atom stereocenters. The minimum atomic E-state index is -1.21. The Bertz CT molecular complexity index is 930. The van der Waals surface area contributed by atoms with E-state index in [9.17, 15) is 23.6 Å². The molecular weight excluding hydrogens is 393 g/mol. The van der Waals surface area contributed by atoms with Crippen LogP contribution in [0, 0.1) is 12.7 Å². The summed E-state index contributed by atoms with van der Waals surface area (Å²) in [4.78, 5) is 47.8. The van der Waals surface area contributed by atoms with E-state index in [1.165, 1.54) is 12.1 Å². The van der Waals surface area contributed by atoms with Gasteiger partial charge in [-0.25, -0.2) is 9.18 Å². The number of esters is 1. The van der Waals surface area contributed by atoms with Crippen LogP contribution in [0.1, 0.15) is 28.8 Å². The fraction of sp³-hybridized carbons (Fsp3) is 0.238. The fourth-order valence-corrected chi connectivity index (χ4v) is 2.52. The number of para-hydroxylation sites is 1. The van der Waals surface area contributed by atoms with E-state index in [-0.39, 0.29) is 18.4 Å².